The van der Waals surface area contributed by atoms with Crippen molar-refractivity contribution in [2.75, 3.05) is 19.6 Å². The first kappa shape index (κ1) is 21.5. The fourth-order valence-electron chi connectivity index (χ4n) is 3.06. The summed E-state index contributed by atoms with van der Waals surface area (Å²) in [5, 5.41) is 15.1. The number of aromatic nitrogens is 3. The molecule has 148 valence electrons. The van der Waals surface area contributed by atoms with E-state index in [0.29, 0.717) is 29.1 Å². The van der Waals surface area contributed by atoms with Crippen LogP contribution in [0.5, 0.6) is 5.75 Å². The van der Waals surface area contributed by atoms with E-state index in [4.69, 9.17) is 16.3 Å². The van der Waals surface area contributed by atoms with Crippen molar-refractivity contribution in [3.8, 4) is 5.75 Å². The van der Waals surface area contributed by atoms with Crippen molar-refractivity contribution in [2.45, 2.75) is 38.8 Å². The first-order chi connectivity index (χ1) is 12.5. The highest BCUT2D eigenvalue weighted by Crippen LogP contribution is 2.20. The van der Waals surface area contributed by atoms with Gasteiger partial charge in [-0.3, -0.25) is 4.79 Å². The molecule has 0 spiro atoms. The minimum atomic E-state index is -0.228. The van der Waals surface area contributed by atoms with E-state index in [1.165, 1.54) is 0 Å². The Morgan fingerprint density at radius 1 is 1.37 bits per heavy atom. The van der Waals surface area contributed by atoms with E-state index in [-0.39, 0.29) is 24.4 Å². The van der Waals surface area contributed by atoms with Gasteiger partial charge in [0.25, 0.3) is 5.91 Å². The van der Waals surface area contributed by atoms with Gasteiger partial charge in [-0.05, 0) is 64.0 Å². The number of benzene rings is 1. The van der Waals surface area contributed by atoms with Crippen molar-refractivity contribution in [2.24, 2.45) is 0 Å². The molecular formula is C18H25Cl2N5O2. The van der Waals surface area contributed by atoms with Crippen molar-refractivity contribution >= 4 is 29.9 Å². The summed E-state index contributed by atoms with van der Waals surface area (Å²) in [5.74, 6) is 0.485. The van der Waals surface area contributed by atoms with Gasteiger partial charge in [0.15, 0.2) is 5.69 Å². The van der Waals surface area contributed by atoms with Crippen molar-refractivity contribution in [3.63, 3.8) is 0 Å². The molecule has 1 aliphatic rings. The zero-order valence-corrected chi connectivity index (χ0v) is 17.0. The Hall–Kier alpha value is -1.83. The lowest BCUT2D eigenvalue weighted by atomic mass is 10.1. The monoisotopic (exact) mass is 413 g/mol. The summed E-state index contributed by atoms with van der Waals surface area (Å²) in [7, 11) is 0. The number of hydrogen-bond donors (Lipinski definition) is 2. The number of carbonyl (C=O) groups is 1. The lowest BCUT2D eigenvalue weighted by Gasteiger charge is -2.23. The molecule has 3 rings (SSSR count). The Labute approximate surface area is 170 Å². The van der Waals surface area contributed by atoms with Crippen molar-refractivity contribution < 1.29 is 9.53 Å². The number of amides is 1. The number of ether oxygens (including phenoxy) is 1. The molecule has 1 unspecified atom stereocenters. The number of hydrogen-bond acceptors (Lipinski definition) is 5. The fraction of sp³-hybridized carbons (Fsp3) is 0.500. The summed E-state index contributed by atoms with van der Waals surface area (Å²) in [6, 6.07) is 7.44. The fourth-order valence-corrected chi connectivity index (χ4v) is 3.18. The Kier molecular flexibility index (Phi) is 7.89. The van der Waals surface area contributed by atoms with Crippen LogP contribution in [0.15, 0.2) is 24.3 Å². The van der Waals surface area contributed by atoms with Crippen LogP contribution in [-0.2, 0) is 0 Å². The van der Waals surface area contributed by atoms with Crippen LogP contribution in [0.2, 0.25) is 5.02 Å². The third-order valence-electron chi connectivity index (χ3n) is 4.50. The number of nitrogens with zero attached hydrogens (tertiary/aromatic N) is 3. The maximum absolute atomic E-state index is 12.5. The smallest absolute Gasteiger partial charge is 0.273 e. The van der Waals surface area contributed by atoms with Gasteiger partial charge >= 0.3 is 0 Å². The Balaban J connectivity index is 0.00000261. The third kappa shape index (κ3) is 5.57. The first-order valence-electron chi connectivity index (χ1n) is 8.87. The van der Waals surface area contributed by atoms with Gasteiger partial charge in [-0.15, -0.1) is 17.5 Å². The molecule has 7 nitrogen and oxygen atoms in total. The van der Waals surface area contributed by atoms with Gasteiger partial charge < -0.3 is 15.4 Å². The highest BCUT2D eigenvalue weighted by atomic mass is 35.5. The average molecular weight is 414 g/mol. The van der Waals surface area contributed by atoms with E-state index in [0.717, 1.165) is 31.6 Å². The van der Waals surface area contributed by atoms with Gasteiger partial charge in [-0.1, -0.05) is 16.8 Å². The Morgan fingerprint density at radius 3 is 2.70 bits per heavy atom. The van der Waals surface area contributed by atoms with Crippen molar-refractivity contribution in [1.29, 1.82) is 0 Å². The first-order valence-corrected chi connectivity index (χ1v) is 9.25. The van der Waals surface area contributed by atoms with Crippen LogP contribution >= 0.6 is 24.0 Å². The summed E-state index contributed by atoms with van der Waals surface area (Å²) in [5.41, 5.74) is 1.18. The third-order valence-corrected chi connectivity index (χ3v) is 4.75. The number of nitrogens with one attached hydrogen (secondary N) is 2. The SMILES string of the molecule is Cc1c(C(=O)NCC(C)Oc2ccc(Cl)cc2)nnn1C1CCNCC1.Cl. The molecule has 27 heavy (non-hydrogen) atoms. The maximum Gasteiger partial charge on any atom is 0.273 e. The molecule has 0 radical (unpaired) electrons. The van der Waals surface area contributed by atoms with E-state index in [1.807, 2.05) is 18.5 Å². The van der Waals surface area contributed by atoms with Gasteiger partial charge in [0, 0.05) is 5.02 Å². The van der Waals surface area contributed by atoms with Crippen LogP contribution in [0, 0.1) is 6.92 Å². The summed E-state index contributed by atoms with van der Waals surface area (Å²) in [6.07, 6.45) is 1.81. The van der Waals surface area contributed by atoms with Crippen molar-refractivity contribution in [3.05, 3.63) is 40.7 Å². The normalized spacial score (nSPS) is 15.7. The minimum absolute atomic E-state index is 0. The standard InChI is InChI=1S/C18H24ClN5O2.ClH/c1-12(26-16-5-3-14(19)4-6-16)11-21-18(25)17-13(2)24(23-22-17)15-7-9-20-10-8-15;/h3-6,12,15,20H,7-11H2,1-2H3,(H,21,25);1H. The highest BCUT2D eigenvalue weighted by Gasteiger charge is 2.23. The molecule has 2 heterocycles. The zero-order chi connectivity index (χ0) is 18.5. The summed E-state index contributed by atoms with van der Waals surface area (Å²) in [4.78, 5) is 12.5. The van der Waals surface area contributed by atoms with Gasteiger partial charge in [0.1, 0.15) is 11.9 Å². The predicted molar refractivity (Wildman–Crippen MR) is 107 cm³/mol. The average Bonchev–Trinajstić information content (AvgIpc) is 3.04. The molecule has 0 aliphatic carbocycles. The molecular weight excluding hydrogens is 389 g/mol. The van der Waals surface area contributed by atoms with E-state index in [2.05, 4.69) is 20.9 Å². The molecule has 1 aromatic heterocycles. The number of piperidine rings is 1. The van der Waals surface area contributed by atoms with Crippen molar-refractivity contribution in [1.82, 2.24) is 25.6 Å². The number of carbonyl (C=O) groups excluding carboxylic acids is 1. The second kappa shape index (κ2) is 9.92. The van der Waals surface area contributed by atoms with Crippen LogP contribution in [0.25, 0.3) is 0 Å². The number of rotatable bonds is 6. The summed E-state index contributed by atoms with van der Waals surface area (Å²) < 4.78 is 7.64. The minimum Gasteiger partial charge on any atom is -0.489 e. The van der Waals surface area contributed by atoms with Gasteiger partial charge in [-0.25, -0.2) is 4.68 Å². The van der Waals surface area contributed by atoms with Crippen LogP contribution in [0.1, 0.15) is 42.0 Å². The molecule has 1 saturated heterocycles. The Morgan fingerprint density at radius 2 is 2.04 bits per heavy atom. The second-order valence-electron chi connectivity index (χ2n) is 6.54. The maximum atomic E-state index is 12.5. The largest absolute Gasteiger partial charge is 0.489 e. The van der Waals surface area contributed by atoms with E-state index in [1.54, 1.807) is 24.3 Å². The van der Waals surface area contributed by atoms with Crippen LogP contribution in [0.3, 0.4) is 0 Å². The van der Waals surface area contributed by atoms with E-state index >= 15 is 0 Å². The molecule has 1 fully saturated rings. The quantitative estimate of drug-likeness (QED) is 0.760. The molecule has 1 aromatic carbocycles. The molecule has 1 aliphatic heterocycles. The van der Waals surface area contributed by atoms with Gasteiger partial charge in [0.05, 0.1) is 18.3 Å². The molecule has 2 aromatic rings. The molecule has 1 amide bonds. The Bertz CT molecular complexity index is 745. The molecule has 9 heteroatoms. The van der Waals surface area contributed by atoms with Crippen LogP contribution in [0.4, 0.5) is 0 Å². The van der Waals surface area contributed by atoms with Crippen LogP contribution < -0.4 is 15.4 Å². The lowest BCUT2D eigenvalue weighted by molar-refractivity contribution is 0.0926. The lowest BCUT2D eigenvalue weighted by Crippen LogP contribution is -2.34. The topological polar surface area (TPSA) is 81.1 Å². The summed E-state index contributed by atoms with van der Waals surface area (Å²) >= 11 is 5.86. The predicted octanol–water partition coefficient (Wildman–Crippen LogP) is 2.78. The van der Waals surface area contributed by atoms with Gasteiger partial charge in [0.2, 0.25) is 0 Å². The summed E-state index contributed by atoms with van der Waals surface area (Å²) in [6.45, 7) is 6.09. The molecule has 2 N–H and O–H groups in total. The number of halogens is 2. The zero-order valence-electron chi connectivity index (χ0n) is 15.4. The second-order valence-corrected chi connectivity index (χ2v) is 6.98. The highest BCUT2D eigenvalue weighted by molar-refractivity contribution is 6.30. The van der Waals surface area contributed by atoms with Gasteiger partial charge in [-0.2, -0.15) is 0 Å². The van der Waals surface area contributed by atoms with E-state index < -0.39 is 0 Å². The van der Waals surface area contributed by atoms with E-state index in [9.17, 15) is 4.79 Å². The molecule has 0 bridgehead atoms. The molecule has 0 saturated carbocycles. The van der Waals surface area contributed by atoms with Crippen LogP contribution in [-0.4, -0.2) is 46.6 Å². The molecule has 1 atom stereocenters.